The molecule has 5 rings (SSSR count). The molecule has 2 aliphatic rings. The van der Waals surface area contributed by atoms with Crippen LogP contribution in [-0.2, 0) is 14.8 Å². The van der Waals surface area contributed by atoms with Crippen LogP contribution in [-0.4, -0.2) is 63.5 Å². The Bertz CT molecular complexity index is 1450. The van der Waals surface area contributed by atoms with Crippen molar-refractivity contribution in [1.82, 2.24) is 14.6 Å². The van der Waals surface area contributed by atoms with Gasteiger partial charge in [0, 0.05) is 24.5 Å². The third kappa shape index (κ3) is 5.24. The largest absolute Gasteiger partial charge is 0.340 e. The third-order valence-corrected chi connectivity index (χ3v) is 8.77. The molecule has 1 atom stereocenters. The molecule has 0 saturated carbocycles. The van der Waals surface area contributed by atoms with E-state index in [-0.39, 0.29) is 16.8 Å². The van der Waals surface area contributed by atoms with Crippen molar-refractivity contribution in [2.75, 3.05) is 42.3 Å². The van der Waals surface area contributed by atoms with E-state index in [2.05, 4.69) is 14.9 Å². The fourth-order valence-corrected chi connectivity index (χ4v) is 6.42. The van der Waals surface area contributed by atoms with Crippen LogP contribution in [0, 0.1) is 6.92 Å². The molecular weight excluding hydrogens is 500 g/mol. The molecule has 0 unspecified atom stereocenters. The summed E-state index contributed by atoms with van der Waals surface area (Å²) in [5.41, 5.74) is 3.29. The highest BCUT2D eigenvalue weighted by Crippen LogP contribution is 2.40. The second kappa shape index (κ2) is 10.4. The number of rotatable bonds is 6. The van der Waals surface area contributed by atoms with Crippen molar-refractivity contribution in [3.05, 3.63) is 66.2 Å². The first-order valence-electron chi connectivity index (χ1n) is 12.8. The molecule has 1 fully saturated rings. The highest BCUT2D eigenvalue weighted by Gasteiger charge is 2.36. The van der Waals surface area contributed by atoms with Gasteiger partial charge < -0.3 is 20.0 Å². The molecule has 1 saturated heterocycles. The van der Waals surface area contributed by atoms with Crippen molar-refractivity contribution in [2.24, 2.45) is 0 Å². The van der Waals surface area contributed by atoms with E-state index in [0.717, 1.165) is 37.2 Å². The second-order valence-electron chi connectivity index (χ2n) is 10.2. The number of benzene rings is 2. The van der Waals surface area contributed by atoms with Gasteiger partial charge in [-0.05, 0) is 94.9 Å². The Balaban J connectivity index is 1.42. The van der Waals surface area contributed by atoms with E-state index in [4.69, 9.17) is 4.98 Å². The second-order valence-corrected chi connectivity index (χ2v) is 11.9. The monoisotopic (exact) mass is 534 g/mol. The number of nitrogens with zero attached hydrogens (tertiary/aromatic N) is 4. The van der Waals surface area contributed by atoms with Crippen molar-refractivity contribution >= 4 is 44.6 Å². The lowest BCUT2D eigenvalue weighted by molar-refractivity contribution is -0.119. The number of fused-ring (bicyclic) bond motifs is 1. The predicted molar refractivity (Wildman–Crippen MR) is 151 cm³/mol. The number of likely N-dealkylation sites (tertiary alicyclic amines) is 1. The Morgan fingerprint density at radius 2 is 1.71 bits per heavy atom. The normalized spacial score (nSPS) is 18.9. The van der Waals surface area contributed by atoms with Crippen LogP contribution in [0.5, 0.6) is 0 Å². The SMILES string of the molecule is Cc1cccc(N2c3nc(Nc4cccc(S(=O)(=O)NC5CCN(C)CC5)c4)ccc3N(C)C(=O)[C@H]2C)c1. The fraction of sp³-hybridized carbons (Fsp3) is 0.357. The van der Waals surface area contributed by atoms with Crippen molar-refractivity contribution in [2.45, 2.75) is 43.7 Å². The van der Waals surface area contributed by atoms with Gasteiger partial charge in [-0.25, -0.2) is 18.1 Å². The molecular formula is C28H34N6O3S. The van der Waals surface area contributed by atoms with Crippen LogP contribution in [0.1, 0.15) is 25.3 Å². The molecule has 1 aromatic heterocycles. The van der Waals surface area contributed by atoms with Gasteiger partial charge in [-0.2, -0.15) is 0 Å². The first-order valence-corrected chi connectivity index (χ1v) is 14.3. The Hall–Kier alpha value is -3.47. The summed E-state index contributed by atoms with van der Waals surface area (Å²) in [4.78, 5) is 23.9. The maximum atomic E-state index is 13.1. The highest BCUT2D eigenvalue weighted by atomic mass is 32.2. The maximum Gasteiger partial charge on any atom is 0.249 e. The first-order chi connectivity index (χ1) is 18.1. The fourth-order valence-electron chi connectivity index (χ4n) is 5.07. The lowest BCUT2D eigenvalue weighted by Crippen LogP contribution is -2.49. The number of sulfonamides is 1. The van der Waals surface area contributed by atoms with E-state index in [1.165, 1.54) is 0 Å². The minimum atomic E-state index is -3.66. The van der Waals surface area contributed by atoms with E-state index < -0.39 is 16.1 Å². The highest BCUT2D eigenvalue weighted by molar-refractivity contribution is 7.89. The number of hydrogen-bond donors (Lipinski definition) is 2. The summed E-state index contributed by atoms with van der Waals surface area (Å²) in [6.45, 7) is 5.63. The number of likely N-dealkylation sites (N-methyl/N-ethyl adjacent to an activating group) is 1. The Morgan fingerprint density at radius 1 is 0.974 bits per heavy atom. The molecule has 1 amide bonds. The molecule has 10 heteroatoms. The van der Waals surface area contributed by atoms with Crippen molar-refractivity contribution in [3.8, 4) is 0 Å². The molecule has 2 aromatic carbocycles. The van der Waals surface area contributed by atoms with Gasteiger partial charge in [0.2, 0.25) is 15.9 Å². The average Bonchev–Trinajstić information content (AvgIpc) is 2.89. The molecule has 2 aliphatic heterocycles. The zero-order valence-electron chi connectivity index (χ0n) is 22.2. The average molecular weight is 535 g/mol. The number of hydrogen-bond acceptors (Lipinski definition) is 7. The first kappa shape index (κ1) is 26.1. The van der Waals surface area contributed by atoms with E-state index in [1.54, 1.807) is 36.2 Å². The molecule has 0 radical (unpaired) electrons. The summed E-state index contributed by atoms with van der Waals surface area (Å²) in [6, 6.07) is 17.9. The third-order valence-electron chi connectivity index (χ3n) is 7.26. The number of aromatic nitrogens is 1. The smallest absolute Gasteiger partial charge is 0.249 e. The van der Waals surface area contributed by atoms with Gasteiger partial charge in [0.25, 0.3) is 0 Å². The van der Waals surface area contributed by atoms with E-state index >= 15 is 0 Å². The van der Waals surface area contributed by atoms with Crippen LogP contribution in [0.4, 0.5) is 28.7 Å². The number of piperidine rings is 1. The molecule has 3 heterocycles. The van der Waals surface area contributed by atoms with Gasteiger partial charge >= 0.3 is 0 Å². The van der Waals surface area contributed by atoms with Gasteiger partial charge in [-0.1, -0.05) is 18.2 Å². The van der Waals surface area contributed by atoms with Crippen LogP contribution in [0.25, 0.3) is 0 Å². The number of pyridine rings is 1. The number of carbonyl (C=O) groups excluding carboxylic acids is 1. The quantitative estimate of drug-likeness (QED) is 0.493. The van der Waals surface area contributed by atoms with Gasteiger partial charge in [0.05, 0.1) is 10.6 Å². The van der Waals surface area contributed by atoms with Crippen LogP contribution >= 0.6 is 0 Å². The van der Waals surface area contributed by atoms with Gasteiger partial charge in [-0.3, -0.25) is 4.79 Å². The van der Waals surface area contributed by atoms with Crippen molar-refractivity contribution < 1.29 is 13.2 Å². The topological polar surface area (TPSA) is 97.9 Å². The predicted octanol–water partition coefficient (Wildman–Crippen LogP) is 4.01. The number of carbonyl (C=O) groups is 1. The molecule has 0 spiro atoms. The van der Waals surface area contributed by atoms with Crippen LogP contribution < -0.4 is 19.8 Å². The Labute approximate surface area is 224 Å². The number of anilines is 5. The Morgan fingerprint density at radius 3 is 2.45 bits per heavy atom. The van der Waals surface area contributed by atoms with Gasteiger partial charge in [0.1, 0.15) is 11.9 Å². The zero-order chi connectivity index (χ0) is 27.0. The molecule has 38 heavy (non-hydrogen) atoms. The summed E-state index contributed by atoms with van der Waals surface area (Å²) in [5, 5.41) is 3.26. The van der Waals surface area contributed by atoms with Crippen molar-refractivity contribution in [1.29, 1.82) is 0 Å². The zero-order valence-corrected chi connectivity index (χ0v) is 23.0. The molecule has 200 valence electrons. The summed E-state index contributed by atoms with van der Waals surface area (Å²) in [6.07, 6.45) is 1.58. The van der Waals surface area contributed by atoms with E-state index in [0.29, 0.717) is 23.0 Å². The molecule has 0 aliphatic carbocycles. The summed E-state index contributed by atoms with van der Waals surface area (Å²) < 4.78 is 29.1. The summed E-state index contributed by atoms with van der Waals surface area (Å²) in [7, 11) is 0.145. The number of aryl methyl sites for hydroxylation is 1. The molecule has 2 N–H and O–H groups in total. The van der Waals surface area contributed by atoms with Crippen LogP contribution in [0.3, 0.4) is 0 Å². The summed E-state index contributed by atoms with van der Waals surface area (Å²) >= 11 is 0. The van der Waals surface area contributed by atoms with Gasteiger partial charge in [-0.15, -0.1) is 0 Å². The minimum Gasteiger partial charge on any atom is -0.340 e. The molecule has 0 bridgehead atoms. The maximum absolute atomic E-state index is 13.1. The van der Waals surface area contributed by atoms with Crippen LogP contribution in [0.15, 0.2) is 65.6 Å². The molecule has 3 aromatic rings. The lowest BCUT2D eigenvalue weighted by Gasteiger charge is -2.39. The standard InChI is InChI=1S/C28H34N6O3S/c1-19-7-5-9-23(17-19)34-20(2)28(35)33(4)25-11-12-26(30-27(25)34)29-22-8-6-10-24(18-22)38(36,37)31-21-13-15-32(3)16-14-21/h5-12,17-18,20-21,31H,13-16H2,1-4H3,(H,29,30)/t20-/m1/s1. The van der Waals surface area contributed by atoms with Crippen molar-refractivity contribution in [3.63, 3.8) is 0 Å². The number of nitrogens with one attached hydrogen (secondary N) is 2. The summed E-state index contributed by atoms with van der Waals surface area (Å²) in [5.74, 6) is 1.19. The number of amides is 1. The molecule has 9 nitrogen and oxygen atoms in total. The minimum absolute atomic E-state index is 0.0171. The van der Waals surface area contributed by atoms with Gasteiger partial charge in [0.15, 0.2) is 5.82 Å². The van der Waals surface area contributed by atoms with Crippen LogP contribution in [0.2, 0.25) is 0 Å². The van der Waals surface area contributed by atoms with E-state index in [1.807, 2.05) is 62.2 Å². The Kier molecular flexibility index (Phi) is 7.13. The van der Waals surface area contributed by atoms with E-state index in [9.17, 15) is 13.2 Å². The lowest BCUT2D eigenvalue weighted by atomic mass is 10.1.